The zero-order chi connectivity index (χ0) is 18.2. The van der Waals surface area contributed by atoms with Crippen molar-refractivity contribution in [1.29, 1.82) is 0 Å². The lowest BCUT2D eigenvalue weighted by Crippen LogP contribution is -2.64. The highest BCUT2D eigenvalue weighted by molar-refractivity contribution is 5.87. The molecule has 0 bridgehead atoms. The number of anilines is 4. The number of hydrogen-bond donors (Lipinski definition) is 0. The van der Waals surface area contributed by atoms with E-state index < -0.39 is 0 Å². The van der Waals surface area contributed by atoms with Crippen molar-refractivity contribution in [3.8, 4) is 0 Å². The zero-order valence-corrected chi connectivity index (χ0v) is 15.4. The Balaban J connectivity index is 1.69. The summed E-state index contributed by atoms with van der Waals surface area (Å²) in [5.41, 5.74) is 3.67. The molecule has 3 aromatic rings. The molecule has 132 valence electrons. The van der Waals surface area contributed by atoms with Crippen LogP contribution >= 0.6 is 0 Å². The van der Waals surface area contributed by atoms with Crippen molar-refractivity contribution in [2.45, 2.75) is 25.4 Å². The SMILES string of the molecule is CC12C=CC1(C)C1N(c3ccccc3)c3nccnc3N1c1ccccc12. The molecule has 1 aromatic heterocycles. The van der Waals surface area contributed by atoms with E-state index in [2.05, 4.69) is 90.4 Å². The Morgan fingerprint density at radius 3 is 2.15 bits per heavy atom. The Bertz CT molecular complexity index is 1090. The van der Waals surface area contributed by atoms with E-state index >= 15 is 0 Å². The lowest BCUT2D eigenvalue weighted by molar-refractivity contribution is 0.174. The number of benzene rings is 2. The summed E-state index contributed by atoms with van der Waals surface area (Å²) in [7, 11) is 0. The van der Waals surface area contributed by atoms with E-state index in [0.29, 0.717) is 0 Å². The highest BCUT2D eigenvalue weighted by Gasteiger charge is 2.64. The van der Waals surface area contributed by atoms with Crippen LogP contribution in [0.25, 0.3) is 0 Å². The Morgan fingerprint density at radius 1 is 0.778 bits per heavy atom. The predicted octanol–water partition coefficient (Wildman–Crippen LogP) is 4.94. The summed E-state index contributed by atoms with van der Waals surface area (Å²) in [6, 6.07) is 19.3. The van der Waals surface area contributed by atoms with Gasteiger partial charge in [-0.2, -0.15) is 0 Å². The summed E-state index contributed by atoms with van der Waals surface area (Å²) in [6.45, 7) is 4.72. The molecule has 3 unspecified atom stereocenters. The molecule has 3 heterocycles. The number of rotatable bonds is 1. The first kappa shape index (κ1) is 15.0. The van der Waals surface area contributed by atoms with Crippen LogP contribution in [0.5, 0.6) is 0 Å². The first-order chi connectivity index (χ1) is 13.2. The van der Waals surface area contributed by atoms with Crippen LogP contribution in [-0.2, 0) is 5.41 Å². The van der Waals surface area contributed by atoms with Gasteiger partial charge in [-0.15, -0.1) is 0 Å². The van der Waals surface area contributed by atoms with Crippen LogP contribution in [0.3, 0.4) is 0 Å². The van der Waals surface area contributed by atoms with Gasteiger partial charge in [-0.1, -0.05) is 62.4 Å². The van der Waals surface area contributed by atoms with E-state index in [1.165, 1.54) is 11.3 Å². The molecule has 0 saturated heterocycles. The van der Waals surface area contributed by atoms with Crippen molar-refractivity contribution in [1.82, 2.24) is 9.97 Å². The van der Waals surface area contributed by atoms with E-state index in [0.717, 1.165) is 17.3 Å². The Morgan fingerprint density at radius 2 is 1.44 bits per heavy atom. The van der Waals surface area contributed by atoms with E-state index in [9.17, 15) is 0 Å². The van der Waals surface area contributed by atoms with Crippen LogP contribution in [0, 0.1) is 5.41 Å². The molecule has 0 spiro atoms. The van der Waals surface area contributed by atoms with E-state index in [1.807, 2.05) is 0 Å². The first-order valence-electron chi connectivity index (χ1n) is 9.40. The third kappa shape index (κ3) is 1.60. The molecule has 0 N–H and O–H groups in total. The van der Waals surface area contributed by atoms with Crippen LogP contribution in [0.15, 0.2) is 79.1 Å². The molecular formula is C23H20N4. The minimum absolute atomic E-state index is 0.0141. The van der Waals surface area contributed by atoms with Gasteiger partial charge in [0.25, 0.3) is 0 Å². The van der Waals surface area contributed by atoms with Crippen LogP contribution in [0.4, 0.5) is 23.0 Å². The maximum Gasteiger partial charge on any atom is 0.178 e. The number of allylic oxidation sites excluding steroid dienone is 1. The van der Waals surface area contributed by atoms with Gasteiger partial charge in [-0.25, -0.2) is 9.97 Å². The Labute approximate surface area is 158 Å². The molecule has 0 fully saturated rings. The first-order valence-corrected chi connectivity index (χ1v) is 9.40. The highest BCUT2D eigenvalue weighted by Crippen LogP contribution is 2.65. The predicted molar refractivity (Wildman–Crippen MR) is 108 cm³/mol. The van der Waals surface area contributed by atoms with E-state index in [4.69, 9.17) is 9.97 Å². The minimum atomic E-state index is -0.0560. The van der Waals surface area contributed by atoms with Crippen LogP contribution in [-0.4, -0.2) is 16.1 Å². The number of fused-ring (bicyclic) bond motifs is 8. The van der Waals surface area contributed by atoms with Crippen LogP contribution in [0.1, 0.15) is 19.4 Å². The molecule has 3 atom stereocenters. The van der Waals surface area contributed by atoms with Crippen molar-refractivity contribution in [3.63, 3.8) is 0 Å². The lowest BCUT2D eigenvalue weighted by Gasteiger charge is -2.61. The highest BCUT2D eigenvalue weighted by atomic mass is 15.5. The average molecular weight is 352 g/mol. The third-order valence-electron chi connectivity index (χ3n) is 6.78. The minimum Gasteiger partial charge on any atom is -0.301 e. The maximum atomic E-state index is 4.75. The van der Waals surface area contributed by atoms with Gasteiger partial charge in [0.15, 0.2) is 11.6 Å². The number of hydrogen-bond acceptors (Lipinski definition) is 4. The van der Waals surface area contributed by atoms with Gasteiger partial charge in [0.1, 0.15) is 6.17 Å². The second-order valence-corrected chi connectivity index (χ2v) is 7.99. The summed E-state index contributed by atoms with van der Waals surface area (Å²) in [5.74, 6) is 1.86. The van der Waals surface area contributed by atoms with Crippen LogP contribution < -0.4 is 9.80 Å². The van der Waals surface area contributed by atoms with Gasteiger partial charge in [0.05, 0.1) is 0 Å². The summed E-state index contributed by atoms with van der Waals surface area (Å²) < 4.78 is 0. The molecule has 27 heavy (non-hydrogen) atoms. The number of para-hydroxylation sites is 2. The molecule has 2 aliphatic heterocycles. The summed E-state index contributed by atoms with van der Waals surface area (Å²) >= 11 is 0. The maximum absolute atomic E-state index is 4.75. The molecule has 2 aromatic carbocycles. The van der Waals surface area contributed by atoms with Gasteiger partial charge in [-0.05, 0) is 23.8 Å². The topological polar surface area (TPSA) is 32.3 Å². The van der Waals surface area contributed by atoms with Crippen molar-refractivity contribution >= 4 is 23.0 Å². The van der Waals surface area contributed by atoms with Crippen molar-refractivity contribution < 1.29 is 0 Å². The molecule has 0 radical (unpaired) electrons. The fourth-order valence-electron chi connectivity index (χ4n) is 5.10. The standard InChI is InChI=1S/C23H20N4/c1-22-12-13-23(22,2)21-26(16-8-4-3-5-9-16)19-20(25-15-14-24-19)27(21)18-11-7-6-10-17(18)22/h3-15,21H,1-2H3. The van der Waals surface area contributed by atoms with Crippen molar-refractivity contribution in [2.24, 2.45) is 5.41 Å². The van der Waals surface area contributed by atoms with Gasteiger partial charge < -0.3 is 9.80 Å². The second kappa shape index (κ2) is 4.77. The largest absolute Gasteiger partial charge is 0.301 e. The Kier molecular flexibility index (Phi) is 2.64. The second-order valence-electron chi connectivity index (χ2n) is 7.99. The van der Waals surface area contributed by atoms with Crippen LogP contribution in [0.2, 0.25) is 0 Å². The Hall–Kier alpha value is -3.14. The summed E-state index contributed by atoms with van der Waals surface area (Å²) in [5, 5.41) is 0. The average Bonchev–Trinajstić information content (AvgIpc) is 3.07. The molecule has 0 amide bonds. The quantitative estimate of drug-likeness (QED) is 0.581. The molecular weight excluding hydrogens is 332 g/mol. The van der Waals surface area contributed by atoms with Gasteiger partial charge >= 0.3 is 0 Å². The van der Waals surface area contributed by atoms with Gasteiger partial charge in [0.2, 0.25) is 0 Å². The van der Waals surface area contributed by atoms with E-state index in [-0.39, 0.29) is 17.0 Å². The van der Waals surface area contributed by atoms with Crippen molar-refractivity contribution in [2.75, 3.05) is 9.80 Å². The number of aromatic nitrogens is 2. The molecule has 0 saturated carbocycles. The lowest BCUT2D eigenvalue weighted by atomic mass is 9.51. The normalized spacial score (nSPS) is 29.5. The molecule has 4 heteroatoms. The molecule has 3 aliphatic rings. The fourth-order valence-corrected chi connectivity index (χ4v) is 5.10. The molecule has 4 nitrogen and oxygen atoms in total. The molecule has 6 rings (SSSR count). The third-order valence-corrected chi connectivity index (χ3v) is 6.78. The van der Waals surface area contributed by atoms with Gasteiger partial charge in [-0.3, -0.25) is 0 Å². The number of nitrogens with zero attached hydrogens (tertiary/aromatic N) is 4. The summed E-state index contributed by atoms with van der Waals surface area (Å²) in [6.07, 6.45) is 8.40. The molecule has 1 aliphatic carbocycles. The van der Waals surface area contributed by atoms with Crippen molar-refractivity contribution in [3.05, 3.63) is 84.7 Å². The smallest absolute Gasteiger partial charge is 0.178 e. The monoisotopic (exact) mass is 352 g/mol. The van der Waals surface area contributed by atoms with E-state index in [1.54, 1.807) is 12.4 Å². The fraction of sp³-hybridized carbons (Fsp3) is 0.217. The summed E-state index contributed by atoms with van der Waals surface area (Å²) in [4.78, 5) is 14.2. The zero-order valence-electron chi connectivity index (χ0n) is 15.4. The van der Waals surface area contributed by atoms with Gasteiger partial charge in [0, 0.05) is 34.6 Å².